The van der Waals surface area contributed by atoms with Crippen LogP contribution < -0.4 is 0 Å². The number of nitrogens with zero attached hydrogens (tertiary/aromatic N) is 1. The topological polar surface area (TPSA) is 63.7 Å². The van der Waals surface area contributed by atoms with Crippen molar-refractivity contribution in [2.24, 2.45) is 5.92 Å². The molecule has 0 N–H and O–H groups in total. The molecule has 1 fully saturated rings. The van der Waals surface area contributed by atoms with Gasteiger partial charge in [-0.15, -0.1) is 0 Å². The Morgan fingerprint density at radius 1 is 1.48 bits per heavy atom. The number of carbonyl (C=O) groups excluding carboxylic acids is 1. The number of hydrogen-bond acceptors (Lipinski definition) is 4. The highest BCUT2D eigenvalue weighted by atomic mass is 32.2. The van der Waals surface area contributed by atoms with Crippen LogP contribution in [0.25, 0.3) is 0 Å². The minimum absolute atomic E-state index is 0.0810. The molecule has 0 spiro atoms. The molecule has 0 bridgehead atoms. The molecule has 2 rings (SSSR count). The van der Waals surface area contributed by atoms with E-state index in [9.17, 15) is 17.6 Å². The van der Waals surface area contributed by atoms with Gasteiger partial charge in [0.1, 0.15) is 5.82 Å². The standard InChI is InChI=1S/C14H18FNO4S/c1-2-20-14(17)11-5-4-8-16(10-11)21(18,19)13-7-3-6-12(15)9-13/h3,6-7,9,11H,2,4-5,8,10H2,1H3/t11-/m0/s1. The maximum atomic E-state index is 13.2. The van der Waals surface area contributed by atoms with Crippen LogP contribution in [0.5, 0.6) is 0 Å². The molecule has 1 heterocycles. The fraction of sp³-hybridized carbons (Fsp3) is 0.500. The molecule has 7 heteroatoms. The maximum absolute atomic E-state index is 13.2. The molecule has 1 aliphatic rings. The van der Waals surface area contributed by atoms with Crippen molar-refractivity contribution in [1.29, 1.82) is 0 Å². The van der Waals surface area contributed by atoms with Crippen LogP contribution in [0.3, 0.4) is 0 Å². The van der Waals surface area contributed by atoms with Crippen molar-refractivity contribution in [2.75, 3.05) is 19.7 Å². The van der Waals surface area contributed by atoms with E-state index in [0.717, 1.165) is 6.07 Å². The largest absolute Gasteiger partial charge is 0.466 e. The molecule has 5 nitrogen and oxygen atoms in total. The second-order valence-electron chi connectivity index (χ2n) is 4.91. The lowest BCUT2D eigenvalue weighted by atomic mass is 10.0. The summed E-state index contributed by atoms with van der Waals surface area (Å²) in [6.45, 7) is 2.39. The van der Waals surface area contributed by atoms with Crippen LogP contribution >= 0.6 is 0 Å². The van der Waals surface area contributed by atoms with Gasteiger partial charge < -0.3 is 4.74 Å². The lowest BCUT2D eigenvalue weighted by Crippen LogP contribution is -2.42. The molecule has 0 radical (unpaired) electrons. The maximum Gasteiger partial charge on any atom is 0.310 e. The van der Waals surface area contributed by atoms with Gasteiger partial charge in [-0.1, -0.05) is 6.07 Å². The average Bonchev–Trinajstić information content (AvgIpc) is 2.47. The van der Waals surface area contributed by atoms with E-state index in [0.29, 0.717) is 19.4 Å². The van der Waals surface area contributed by atoms with Crippen LogP contribution in [0.1, 0.15) is 19.8 Å². The number of ether oxygens (including phenoxy) is 1. The van der Waals surface area contributed by atoms with E-state index in [1.807, 2.05) is 0 Å². The first-order valence-electron chi connectivity index (χ1n) is 6.87. The molecule has 1 aromatic carbocycles. The molecular formula is C14H18FNO4S. The second-order valence-corrected chi connectivity index (χ2v) is 6.85. The van der Waals surface area contributed by atoms with Crippen molar-refractivity contribution >= 4 is 16.0 Å². The third kappa shape index (κ3) is 3.59. The number of hydrogen-bond donors (Lipinski definition) is 0. The summed E-state index contributed by atoms with van der Waals surface area (Å²) in [5, 5.41) is 0. The Morgan fingerprint density at radius 2 is 2.24 bits per heavy atom. The van der Waals surface area contributed by atoms with E-state index in [1.54, 1.807) is 6.92 Å². The molecule has 0 unspecified atom stereocenters. The summed E-state index contributed by atoms with van der Waals surface area (Å²) in [5.74, 6) is -1.44. The van der Waals surface area contributed by atoms with E-state index < -0.39 is 21.8 Å². The predicted molar refractivity (Wildman–Crippen MR) is 74.5 cm³/mol. The summed E-state index contributed by atoms with van der Waals surface area (Å²) < 4.78 is 44.3. The third-order valence-corrected chi connectivity index (χ3v) is 5.30. The number of carbonyl (C=O) groups is 1. The molecule has 21 heavy (non-hydrogen) atoms. The summed E-state index contributed by atoms with van der Waals surface area (Å²) in [4.78, 5) is 11.7. The van der Waals surface area contributed by atoms with Gasteiger partial charge in [0, 0.05) is 13.1 Å². The van der Waals surface area contributed by atoms with Gasteiger partial charge >= 0.3 is 5.97 Å². The first-order chi connectivity index (χ1) is 9.95. The zero-order chi connectivity index (χ0) is 15.5. The number of sulfonamides is 1. The molecule has 1 aliphatic heterocycles. The number of benzene rings is 1. The quantitative estimate of drug-likeness (QED) is 0.795. The third-order valence-electron chi connectivity index (χ3n) is 3.44. The lowest BCUT2D eigenvalue weighted by Gasteiger charge is -2.30. The second kappa shape index (κ2) is 6.53. The summed E-state index contributed by atoms with van der Waals surface area (Å²) in [6.07, 6.45) is 1.19. The highest BCUT2D eigenvalue weighted by molar-refractivity contribution is 7.89. The molecule has 0 amide bonds. The normalized spacial score (nSPS) is 20.2. The lowest BCUT2D eigenvalue weighted by molar-refractivity contribution is -0.149. The van der Waals surface area contributed by atoms with Gasteiger partial charge in [-0.25, -0.2) is 12.8 Å². The summed E-state index contributed by atoms with van der Waals surface area (Å²) >= 11 is 0. The molecule has 0 aromatic heterocycles. The number of piperidine rings is 1. The molecule has 0 aliphatic carbocycles. The van der Waals surface area contributed by atoms with Gasteiger partial charge in [0.05, 0.1) is 17.4 Å². The first-order valence-corrected chi connectivity index (χ1v) is 8.31. The van der Waals surface area contributed by atoms with Gasteiger partial charge in [-0.05, 0) is 38.0 Å². The van der Waals surface area contributed by atoms with Crippen molar-refractivity contribution in [3.63, 3.8) is 0 Å². The average molecular weight is 315 g/mol. The summed E-state index contributed by atoms with van der Waals surface area (Å²) in [6, 6.07) is 4.89. The molecule has 1 atom stereocenters. The first kappa shape index (κ1) is 15.9. The van der Waals surface area contributed by atoms with Crippen LogP contribution in [0.4, 0.5) is 4.39 Å². The molecular weight excluding hydrogens is 297 g/mol. The highest BCUT2D eigenvalue weighted by Gasteiger charge is 2.34. The number of rotatable bonds is 4. The van der Waals surface area contributed by atoms with Crippen molar-refractivity contribution in [1.82, 2.24) is 4.31 Å². The van der Waals surface area contributed by atoms with Crippen LogP contribution in [0.15, 0.2) is 29.2 Å². The minimum Gasteiger partial charge on any atom is -0.466 e. The Labute approximate surface area is 123 Å². The Morgan fingerprint density at radius 3 is 2.90 bits per heavy atom. The SMILES string of the molecule is CCOC(=O)[C@H]1CCCN(S(=O)(=O)c2cccc(F)c2)C1. The zero-order valence-electron chi connectivity index (χ0n) is 11.8. The fourth-order valence-electron chi connectivity index (χ4n) is 2.39. The molecule has 0 saturated carbocycles. The molecule has 1 saturated heterocycles. The van der Waals surface area contributed by atoms with E-state index in [1.165, 1.54) is 22.5 Å². The monoisotopic (exact) mass is 315 g/mol. The Bertz CT molecular complexity index is 617. The Kier molecular flexibility index (Phi) is 4.95. The summed E-state index contributed by atoms with van der Waals surface area (Å²) in [5.41, 5.74) is 0. The van der Waals surface area contributed by atoms with Gasteiger partial charge in [-0.3, -0.25) is 4.79 Å². The van der Waals surface area contributed by atoms with Crippen molar-refractivity contribution in [3.8, 4) is 0 Å². The number of halogens is 1. The van der Waals surface area contributed by atoms with E-state index in [2.05, 4.69) is 0 Å². The molecule has 1 aromatic rings. The van der Waals surface area contributed by atoms with Crippen LogP contribution in [-0.4, -0.2) is 38.4 Å². The van der Waals surface area contributed by atoms with E-state index >= 15 is 0 Å². The highest BCUT2D eigenvalue weighted by Crippen LogP contribution is 2.24. The predicted octanol–water partition coefficient (Wildman–Crippen LogP) is 1.79. The van der Waals surface area contributed by atoms with Crippen LogP contribution in [-0.2, 0) is 19.6 Å². The van der Waals surface area contributed by atoms with Crippen LogP contribution in [0.2, 0.25) is 0 Å². The van der Waals surface area contributed by atoms with Gasteiger partial charge in [-0.2, -0.15) is 4.31 Å². The van der Waals surface area contributed by atoms with Gasteiger partial charge in [0.25, 0.3) is 0 Å². The van der Waals surface area contributed by atoms with Gasteiger partial charge in [0.15, 0.2) is 0 Å². The van der Waals surface area contributed by atoms with Crippen LogP contribution in [0, 0.1) is 11.7 Å². The zero-order valence-corrected chi connectivity index (χ0v) is 12.6. The summed E-state index contributed by atoms with van der Waals surface area (Å²) in [7, 11) is -3.78. The smallest absolute Gasteiger partial charge is 0.310 e. The van der Waals surface area contributed by atoms with E-state index in [-0.39, 0.29) is 24.0 Å². The minimum atomic E-state index is -3.78. The van der Waals surface area contributed by atoms with Crippen molar-refractivity contribution < 1.29 is 22.3 Å². The Hall–Kier alpha value is -1.47. The number of esters is 1. The Balaban J connectivity index is 2.18. The van der Waals surface area contributed by atoms with Gasteiger partial charge in [0.2, 0.25) is 10.0 Å². The molecule has 116 valence electrons. The van der Waals surface area contributed by atoms with Crippen molar-refractivity contribution in [3.05, 3.63) is 30.1 Å². The fourth-order valence-corrected chi connectivity index (χ4v) is 3.95. The van der Waals surface area contributed by atoms with Crippen molar-refractivity contribution in [2.45, 2.75) is 24.7 Å². The van der Waals surface area contributed by atoms with E-state index in [4.69, 9.17) is 4.74 Å².